The summed E-state index contributed by atoms with van der Waals surface area (Å²) >= 11 is 0. The van der Waals surface area contributed by atoms with Crippen LogP contribution in [-0.4, -0.2) is 70.5 Å². The van der Waals surface area contributed by atoms with Crippen molar-refractivity contribution < 1.29 is 24.6 Å². The first-order chi connectivity index (χ1) is 11.8. The maximum atomic E-state index is 12.2. The van der Waals surface area contributed by atoms with Gasteiger partial charge in [-0.15, -0.1) is 0 Å². The molecule has 136 valence electrons. The Kier molecular flexibility index (Phi) is 4.51. The van der Waals surface area contributed by atoms with Crippen LogP contribution >= 0.6 is 0 Å². The fourth-order valence-corrected chi connectivity index (χ4v) is 3.81. The number of hydrogen-bond donors (Lipinski definition) is 4. The zero-order valence-corrected chi connectivity index (χ0v) is 14.2. The van der Waals surface area contributed by atoms with E-state index in [9.17, 15) is 24.6 Å². The molecule has 3 aliphatic rings. The minimum atomic E-state index is -1.12. The van der Waals surface area contributed by atoms with Crippen molar-refractivity contribution >= 4 is 23.6 Å². The van der Waals surface area contributed by atoms with Crippen molar-refractivity contribution in [1.82, 2.24) is 15.5 Å². The van der Waals surface area contributed by atoms with E-state index in [0.29, 0.717) is 37.5 Å². The summed E-state index contributed by atoms with van der Waals surface area (Å²) in [5, 5.41) is 25.1. The third-order valence-electron chi connectivity index (χ3n) is 5.02. The number of carboxylic acids is 1. The smallest absolute Gasteiger partial charge is 0.352 e. The van der Waals surface area contributed by atoms with Gasteiger partial charge in [0.2, 0.25) is 11.8 Å². The highest BCUT2D eigenvalue weighted by atomic mass is 16.4. The van der Waals surface area contributed by atoms with Gasteiger partial charge in [0.15, 0.2) is 0 Å². The average molecular weight is 350 g/mol. The van der Waals surface area contributed by atoms with Crippen molar-refractivity contribution in [2.24, 2.45) is 16.8 Å². The number of fused-ring (bicyclic) bond motifs is 1. The Balaban J connectivity index is 1.75. The van der Waals surface area contributed by atoms with Crippen molar-refractivity contribution in [2.45, 2.75) is 32.4 Å². The van der Waals surface area contributed by atoms with Crippen LogP contribution in [0.2, 0.25) is 0 Å². The van der Waals surface area contributed by atoms with Gasteiger partial charge in [-0.25, -0.2) is 4.79 Å². The lowest BCUT2D eigenvalue weighted by Crippen LogP contribution is -2.61. The molecule has 1 fully saturated rings. The number of aliphatic carboxylic acids is 1. The largest absolute Gasteiger partial charge is 0.477 e. The van der Waals surface area contributed by atoms with Crippen molar-refractivity contribution in [3.8, 4) is 0 Å². The standard InChI is InChI=1S/C16H22N4O5/c1-7(21)13-11-3-10(14(16(24)25)20(11)15(13)23)9-4-18-12(19-5-9)6-17-8(2)22/h7,9,11,13,21H,3-6H2,1-2H3,(H,17,22)(H,18,19)(H,24,25)/t7-,11-,13-/m1/s1. The summed E-state index contributed by atoms with van der Waals surface area (Å²) in [6.07, 6.45) is -0.346. The number of amidine groups is 1. The topological polar surface area (TPSA) is 131 Å². The zero-order valence-electron chi connectivity index (χ0n) is 14.2. The summed E-state index contributed by atoms with van der Waals surface area (Å²) in [7, 11) is 0. The molecule has 3 heterocycles. The molecule has 0 spiro atoms. The van der Waals surface area contributed by atoms with E-state index in [1.54, 1.807) is 6.92 Å². The summed E-state index contributed by atoms with van der Waals surface area (Å²) < 4.78 is 0. The molecule has 4 N–H and O–H groups in total. The molecule has 9 nitrogen and oxygen atoms in total. The molecule has 3 rings (SSSR count). The highest BCUT2D eigenvalue weighted by Crippen LogP contribution is 2.45. The molecular formula is C16H22N4O5. The maximum Gasteiger partial charge on any atom is 0.352 e. The Labute approximate surface area is 144 Å². The molecule has 0 aromatic heterocycles. The Morgan fingerprint density at radius 2 is 2.20 bits per heavy atom. The Morgan fingerprint density at radius 1 is 1.48 bits per heavy atom. The molecule has 0 aromatic carbocycles. The van der Waals surface area contributed by atoms with Gasteiger partial charge >= 0.3 is 5.97 Å². The molecule has 2 amide bonds. The Bertz CT molecular complexity index is 684. The molecule has 0 saturated carbocycles. The first-order valence-electron chi connectivity index (χ1n) is 8.30. The van der Waals surface area contributed by atoms with Gasteiger partial charge in [-0.2, -0.15) is 0 Å². The predicted octanol–water partition coefficient (Wildman–Crippen LogP) is -1.31. The molecular weight excluding hydrogens is 328 g/mol. The number of hydrogen-bond acceptors (Lipinski definition) is 6. The monoisotopic (exact) mass is 350 g/mol. The van der Waals surface area contributed by atoms with Gasteiger partial charge in [0.25, 0.3) is 0 Å². The van der Waals surface area contributed by atoms with E-state index in [1.807, 2.05) is 0 Å². The van der Waals surface area contributed by atoms with E-state index in [2.05, 4.69) is 15.6 Å². The van der Waals surface area contributed by atoms with E-state index in [-0.39, 0.29) is 29.5 Å². The molecule has 9 heteroatoms. The first kappa shape index (κ1) is 17.4. The number of rotatable bonds is 5. The summed E-state index contributed by atoms with van der Waals surface area (Å²) in [6.45, 7) is 4.19. The second-order valence-electron chi connectivity index (χ2n) is 6.70. The number of aliphatic hydroxyl groups excluding tert-OH is 1. The van der Waals surface area contributed by atoms with Gasteiger partial charge in [0.1, 0.15) is 11.5 Å². The van der Waals surface area contributed by atoms with Gasteiger partial charge < -0.3 is 25.7 Å². The molecule has 0 aromatic rings. The molecule has 1 saturated heterocycles. The number of aliphatic hydroxyl groups is 1. The van der Waals surface area contributed by atoms with E-state index >= 15 is 0 Å². The Morgan fingerprint density at radius 3 is 2.72 bits per heavy atom. The second-order valence-corrected chi connectivity index (χ2v) is 6.70. The lowest BCUT2D eigenvalue weighted by Gasteiger charge is -2.44. The highest BCUT2D eigenvalue weighted by molar-refractivity contribution is 6.00. The number of carbonyl (C=O) groups is 3. The first-order valence-corrected chi connectivity index (χ1v) is 8.30. The second kappa shape index (κ2) is 6.47. The molecule has 1 unspecified atom stereocenters. The van der Waals surface area contributed by atoms with Crippen LogP contribution in [-0.2, 0) is 14.4 Å². The van der Waals surface area contributed by atoms with E-state index < -0.39 is 18.0 Å². The van der Waals surface area contributed by atoms with Crippen molar-refractivity contribution in [3.63, 3.8) is 0 Å². The molecule has 4 atom stereocenters. The lowest BCUT2D eigenvalue weighted by atomic mass is 9.82. The summed E-state index contributed by atoms with van der Waals surface area (Å²) in [5.41, 5.74) is 0.739. The number of carboxylic acid groups (broad SMARTS) is 1. The highest BCUT2D eigenvalue weighted by Gasteiger charge is 2.57. The fourth-order valence-electron chi connectivity index (χ4n) is 3.81. The summed E-state index contributed by atoms with van der Waals surface area (Å²) in [5.74, 6) is -1.61. The summed E-state index contributed by atoms with van der Waals surface area (Å²) in [4.78, 5) is 40.5. The van der Waals surface area contributed by atoms with E-state index in [0.717, 1.165) is 0 Å². The van der Waals surface area contributed by atoms with Crippen LogP contribution in [0.5, 0.6) is 0 Å². The number of nitrogens with zero attached hydrogens (tertiary/aromatic N) is 2. The molecule has 0 aliphatic carbocycles. The van der Waals surface area contributed by atoms with E-state index in [1.165, 1.54) is 11.8 Å². The Hall–Kier alpha value is -2.42. The minimum absolute atomic E-state index is 0.0409. The van der Waals surface area contributed by atoms with Crippen LogP contribution in [0.3, 0.4) is 0 Å². The zero-order chi connectivity index (χ0) is 18.3. The molecule has 3 aliphatic heterocycles. The predicted molar refractivity (Wildman–Crippen MR) is 87.6 cm³/mol. The van der Waals surface area contributed by atoms with Crippen LogP contribution in [0.1, 0.15) is 20.3 Å². The number of carbonyl (C=O) groups excluding carboxylic acids is 2. The van der Waals surface area contributed by atoms with Crippen LogP contribution in [0.15, 0.2) is 16.3 Å². The van der Waals surface area contributed by atoms with Crippen molar-refractivity contribution in [1.29, 1.82) is 0 Å². The van der Waals surface area contributed by atoms with Crippen molar-refractivity contribution in [3.05, 3.63) is 11.3 Å². The number of β-lactam (4-membered cyclic amide) rings is 1. The number of amides is 2. The van der Waals surface area contributed by atoms with Gasteiger partial charge in [-0.3, -0.25) is 14.6 Å². The van der Waals surface area contributed by atoms with Crippen LogP contribution < -0.4 is 10.6 Å². The number of nitrogens with one attached hydrogen (secondary N) is 2. The molecule has 0 radical (unpaired) electrons. The van der Waals surface area contributed by atoms with Crippen LogP contribution in [0.4, 0.5) is 0 Å². The van der Waals surface area contributed by atoms with Gasteiger partial charge in [0, 0.05) is 25.9 Å². The van der Waals surface area contributed by atoms with Gasteiger partial charge in [-0.1, -0.05) is 0 Å². The average Bonchev–Trinajstić information content (AvgIpc) is 2.88. The van der Waals surface area contributed by atoms with Crippen molar-refractivity contribution in [2.75, 3.05) is 19.6 Å². The normalized spacial score (nSPS) is 29.4. The quantitative estimate of drug-likeness (QED) is 0.455. The summed E-state index contributed by atoms with van der Waals surface area (Å²) in [6, 6.07) is -0.279. The molecule has 0 bridgehead atoms. The third-order valence-corrected chi connectivity index (χ3v) is 5.02. The SMILES string of the molecule is CC(=O)NCC1=NCC(C2=C(C(=O)O)N3C(=O)[C@H]([C@@H](C)O)[C@H]3C2)CN1. The van der Waals surface area contributed by atoms with Gasteiger partial charge in [0.05, 0.1) is 24.6 Å². The third kappa shape index (κ3) is 2.99. The maximum absolute atomic E-state index is 12.2. The number of aliphatic imine (C=N–C) groups is 1. The minimum Gasteiger partial charge on any atom is -0.477 e. The van der Waals surface area contributed by atoms with Gasteiger partial charge in [-0.05, 0) is 18.9 Å². The molecule has 25 heavy (non-hydrogen) atoms. The lowest BCUT2D eigenvalue weighted by molar-refractivity contribution is -0.161. The fraction of sp³-hybridized carbons (Fsp3) is 0.625. The van der Waals surface area contributed by atoms with Crippen LogP contribution in [0.25, 0.3) is 0 Å². The van der Waals surface area contributed by atoms with E-state index in [4.69, 9.17) is 0 Å². The van der Waals surface area contributed by atoms with Crippen LogP contribution in [0, 0.1) is 11.8 Å².